The minimum atomic E-state index is -4.64. The van der Waals surface area contributed by atoms with E-state index in [0.29, 0.717) is 0 Å². The molecule has 88 valence electrons. The zero-order valence-corrected chi connectivity index (χ0v) is 8.68. The van der Waals surface area contributed by atoms with E-state index in [0.717, 1.165) is 13.0 Å². The topological polar surface area (TPSA) is 52.3 Å². The second kappa shape index (κ2) is 4.03. The number of rotatable bonds is 2. The fourth-order valence-electron chi connectivity index (χ4n) is 1.38. The minimum absolute atomic E-state index is 0.103. The van der Waals surface area contributed by atoms with Crippen LogP contribution in [0.3, 0.4) is 0 Å². The van der Waals surface area contributed by atoms with Crippen LogP contribution in [-0.2, 0) is 6.18 Å². The molecule has 0 fully saturated rings. The molecule has 0 aliphatic rings. The van der Waals surface area contributed by atoms with E-state index in [2.05, 4.69) is 0 Å². The summed E-state index contributed by atoms with van der Waals surface area (Å²) in [5.74, 6) is -0.885. The number of methoxy groups -OCH3 is 1. The number of carbonyl (C=O) groups is 1. The van der Waals surface area contributed by atoms with Gasteiger partial charge in [-0.05, 0) is 13.0 Å². The number of anilines is 1. The van der Waals surface area contributed by atoms with Crippen LogP contribution in [0.2, 0.25) is 0 Å². The number of benzene rings is 1. The predicted octanol–water partition coefficient (Wildman–Crippen LogP) is 2.50. The maximum atomic E-state index is 12.6. The zero-order valence-electron chi connectivity index (χ0n) is 8.68. The first-order valence-electron chi connectivity index (χ1n) is 4.33. The Labute approximate surface area is 90.0 Å². The molecule has 0 saturated heterocycles. The molecule has 0 radical (unpaired) electrons. The Morgan fingerprint density at radius 3 is 2.31 bits per heavy atom. The third-order valence-corrected chi connectivity index (χ3v) is 2.00. The fourth-order valence-corrected chi connectivity index (χ4v) is 1.38. The highest BCUT2D eigenvalue weighted by Gasteiger charge is 2.36. The van der Waals surface area contributed by atoms with Crippen LogP contribution >= 0.6 is 0 Å². The maximum Gasteiger partial charge on any atom is 0.417 e. The number of hydrogen-bond acceptors (Lipinski definition) is 3. The van der Waals surface area contributed by atoms with Crippen LogP contribution in [-0.4, -0.2) is 12.9 Å². The number of hydrogen-bond donors (Lipinski definition) is 1. The number of ether oxygens (including phenoxy) is 1. The van der Waals surface area contributed by atoms with Crippen molar-refractivity contribution in [2.75, 3.05) is 12.8 Å². The lowest BCUT2D eigenvalue weighted by Gasteiger charge is -2.15. The molecule has 0 heterocycles. The van der Waals surface area contributed by atoms with E-state index in [1.54, 1.807) is 0 Å². The molecule has 16 heavy (non-hydrogen) atoms. The van der Waals surface area contributed by atoms with E-state index >= 15 is 0 Å². The zero-order chi connectivity index (χ0) is 12.5. The molecule has 6 heteroatoms. The van der Waals surface area contributed by atoms with Gasteiger partial charge in [-0.3, -0.25) is 4.79 Å². The van der Waals surface area contributed by atoms with E-state index in [1.807, 2.05) is 0 Å². The number of nitrogen functional groups attached to an aromatic ring is 1. The van der Waals surface area contributed by atoms with Crippen LogP contribution < -0.4 is 10.5 Å². The smallest absolute Gasteiger partial charge is 0.417 e. The van der Waals surface area contributed by atoms with Gasteiger partial charge in [0.05, 0.1) is 18.2 Å². The molecule has 0 saturated carbocycles. The van der Waals surface area contributed by atoms with Crippen molar-refractivity contribution < 1.29 is 22.7 Å². The molecule has 0 bridgehead atoms. The largest absolute Gasteiger partial charge is 0.496 e. The van der Waals surface area contributed by atoms with Gasteiger partial charge in [-0.2, -0.15) is 13.2 Å². The summed E-state index contributed by atoms with van der Waals surface area (Å²) in [6.45, 7) is 1.04. The minimum Gasteiger partial charge on any atom is -0.496 e. The molecule has 1 aromatic rings. The number of nitrogens with two attached hydrogens (primary N) is 1. The molecule has 0 atom stereocenters. The van der Waals surface area contributed by atoms with Gasteiger partial charge in [-0.25, -0.2) is 0 Å². The monoisotopic (exact) mass is 233 g/mol. The van der Waals surface area contributed by atoms with Gasteiger partial charge < -0.3 is 10.5 Å². The fraction of sp³-hybridized carbons (Fsp3) is 0.300. The molecule has 0 aromatic heterocycles. The van der Waals surface area contributed by atoms with Crippen LogP contribution in [0, 0.1) is 0 Å². The van der Waals surface area contributed by atoms with Crippen LogP contribution in [0.1, 0.15) is 22.8 Å². The van der Waals surface area contributed by atoms with E-state index in [9.17, 15) is 18.0 Å². The molecule has 1 rings (SSSR count). The van der Waals surface area contributed by atoms with Crippen molar-refractivity contribution in [2.24, 2.45) is 0 Å². The van der Waals surface area contributed by atoms with Crippen molar-refractivity contribution in [1.29, 1.82) is 0 Å². The first-order chi connectivity index (χ1) is 7.27. The Balaban J connectivity index is 3.57. The molecule has 0 amide bonds. The average molecular weight is 233 g/mol. The number of alkyl halides is 3. The van der Waals surface area contributed by atoms with E-state index < -0.39 is 23.1 Å². The van der Waals surface area contributed by atoms with Gasteiger partial charge >= 0.3 is 6.18 Å². The van der Waals surface area contributed by atoms with Crippen molar-refractivity contribution >= 4 is 11.5 Å². The summed E-state index contributed by atoms with van der Waals surface area (Å²) in [6.07, 6.45) is -4.64. The predicted molar refractivity (Wildman–Crippen MR) is 52.4 cm³/mol. The van der Waals surface area contributed by atoms with Crippen LogP contribution in [0.5, 0.6) is 5.75 Å². The van der Waals surface area contributed by atoms with Gasteiger partial charge in [0, 0.05) is 11.8 Å². The Bertz CT molecular complexity index is 427. The lowest BCUT2D eigenvalue weighted by atomic mass is 10.0. The summed E-state index contributed by atoms with van der Waals surface area (Å²) >= 11 is 0. The molecular weight excluding hydrogens is 223 g/mol. The van der Waals surface area contributed by atoms with Gasteiger partial charge in [-0.1, -0.05) is 0 Å². The van der Waals surface area contributed by atoms with Gasteiger partial charge in [0.15, 0.2) is 5.78 Å². The quantitative estimate of drug-likeness (QED) is 0.630. The lowest BCUT2D eigenvalue weighted by Crippen LogP contribution is -2.13. The van der Waals surface area contributed by atoms with Crippen LogP contribution in [0.15, 0.2) is 12.1 Å². The standard InChI is InChI=1S/C10H10F3NO2/c1-5(15)9-7(10(11,12)13)3-6(14)4-8(9)16-2/h3-4H,14H2,1-2H3. The SMILES string of the molecule is COc1cc(N)cc(C(F)(F)F)c1C(C)=O. The van der Waals surface area contributed by atoms with E-state index in [-0.39, 0.29) is 11.4 Å². The van der Waals surface area contributed by atoms with Crippen molar-refractivity contribution in [3.05, 3.63) is 23.3 Å². The molecule has 0 unspecified atom stereocenters. The van der Waals surface area contributed by atoms with Crippen LogP contribution in [0.4, 0.5) is 18.9 Å². The summed E-state index contributed by atoms with van der Waals surface area (Å²) < 4.78 is 42.6. The van der Waals surface area contributed by atoms with E-state index in [4.69, 9.17) is 10.5 Å². The highest BCUT2D eigenvalue weighted by atomic mass is 19.4. The van der Waals surface area contributed by atoms with E-state index in [1.165, 1.54) is 13.2 Å². The molecule has 0 spiro atoms. The third-order valence-electron chi connectivity index (χ3n) is 2.00. The average Bonchev–Trinajstić information content (AvgIpc) is 2.14. The van der Waals surface area contributed by atoms with Crippen LogP contribution in [0.25, 0.3) is 0 Å². The van der Waals surface area contributed by atoms with Gasteiger partial charge in [-0.15, -0.1) is 0 Å². The summed E-state index contributed by atoms with van der Waals surface area (Å²) in [5.41, 5.74) is 3.64. The Hall–Kier alpha value is -1.72. The number of carbonyl (C=O) groups excluding carboxylic acids is 1. The third kappa shape index (κ3) is 2.26. The molecule has 0 aliphatic heterocycles. The summed E-state index contributed by atoms with van der Waals surface area (Å²) in [5, 5.41) is 0. The molecule has 2 N–H and O–H groups in total. The highest BCUT2D eigenvalue weighted by molar-refractivity contribution is 5.99. The van der Waals surface area contributed by atoms with Crippen molar-refractivity contribution in [1.82, 2.24) is 0 Å². The maximum absolute atomic E-state index is 12.6. The number of halogens is 3. The summed E-state index contributed by atoms with van der Waals surface area (Å²) in [4.78, 5) is 11.2. The van der Waals surface area contributed by atoms with Crippen molar-refractivity contribution in [2.45, 2.75) is 13.1 Å². The second-order valence-corrected chi connectivity index (χ2v) is 3.20. The first kappa shape index (κ1) is 12.4. The number of Topliss-reactive ketones (excluding diaryl/α,β-unsaturated/α-hetero) is 1. The number of ketones is 1. The lowest BCUT2D eigenvalue weighted by molar-refractivity contribution is -0.138. The normalized spacial score (nSPS) is 11.3. The second-order valence-electron chi connectivity index (χ2n) is 3.20. The van der Waals surface area contributed by atoms with Gasteiger partial charge in [0.2, 0.25) is 0 Å². The Morgan fingerprint density at radius 2 is 1.94 bits per heavy atom. The summed E-state index contributed by atoms with van der Waals surface area (Å²) in [6, 6.07) is 1.91. The van der Waals surface area contributed by atoms with Gasteiger partial charge in [0.1, 0.15) is 5.75 Å². The molecule has 0 aliphatic carbocycles. The first-order valence-corrected chi connectivity index (χ1v) is 4.33. The van der Waals surface area contributed by atoms with Crippen molar-refractivity contribution in [3.63, 3.8) is 0 Å². The molecular formula is C10H10F3NO2. The van der Waals surface area contributed by atoms with Gasteiger partial charge in [0.25, 0.3) is 0 Å². The van der Waals surface area contributed by atoms with Crippen molar-refractivity contribution in [3.8, 4) is 5.75 Å². The summed E-state index contributed by atoms with van der Waals surface area (Å²) in [7, 11) is 1.18. The highest BCUT2D eigenvalue weighted by Crippen LogP contribution is 2.37. The Morgan fingerprint density at radius 1 is 1.38 bits per heavy atom. The molecule has 3 nitrogen and oxygen atoms in total. The molecule has 1 aromatic carbocycles. The Kier molecular flexibility index (Phi) is 3.11.